The zero-order valence-electron chi connectivity index (χ0n) is 10.5. The second kappa shape index (κ2) is 5.00. The van der Waals surface area contributed by atoms with Crippen LogP contribution in [0.5, 0.6) is 0 Å². The zero-order chi connectivity index (χ0) is 13.9. The maximum atomic E-state index is 11.2. The molecule has 0 amide bonds. The highest BCUT2D eigenvalue weighted by molar-refractivity contribution is 5.76. The molecule has 1 N–H and O–H groups in total. The molecule has 0 fully saturated rings. The summed E-state index contributed by atoms with van der Waals surface area (Å²) in [5, 5.41) is 18.4. The first-order valence-electron chi connectivity index (χ1n) is 6.07. The molecule has 0 aliphatic carbocycles. The van der Waals surface area contributed by atoms with Crippen LogP contribution in [-0.4, -0.2) is 30.6 Å². The van der Waals surface area contributed by atoms with Gasteiger partial charge in [0.15, 0.2) is 0 Å². The molecule has 8 heteroatoms. The van der Waals surface area contributed by atoms with Gasteiger partial charge in [0.05, 0.1) is 11.3 Å². The van der Waals surface area contributed by atoms with Crippen molar-refractivity contribution in [3.8, 4) is 0 Å². The predicted octanol–water partition coefficient (Wildman–Crippen LogP) is 1.55. The Balaban J connectivity index is 1.83. The summed E-state index contributed by atoms with van der Waals surface area (Å²) < 4.78 is 3.38. The van der Waals surface area contributed by atoms with Crippen molar-refractivity contribution in [3.63, 3.8) is 0 Å². The van der Waals surface area contributed by atoms with Gasteiger partial charge in [-0.3, -0.25) is 10.1 Å². The highest BCUT2D eigenvalue weighted by atomic mass is 16.6. The molecule has 3 rings (SSSR count). The highest BCUT2D eigenvalue weighted by Crippen LogP contribution is 2.28. The monoisotopic (exact) mass is 272 g/mol. The molecule has 0 atom stereocenters. The number of imidazole rings is 1. The minimum Gasteiger partial charge on any atom is -0.361 e. The number of hydrogen-bond donors (Lipinski definition) is 1. The summed E-state index contributed by atoms with van der Waals surface area (Å²) in [5.74, 6) is 0.279. The smallest absolute Gasteiger partial charge is 0.338 e. The largest absolute Gasteiger partial charge is 0.361 e. The molecule has 0 aromatic carbocycles. The van der Waals surface area contributed by atoms with Crippen LogP contribution in [-0.2, 0) is 6.54 Å². The molecule has 0 radical (unpaired) electrons. The Morgan fingerprint density at radius 3 is 3.00 bits per heavy atom. The van der Waals surface area contributed by atoms with E-state index in [1.54, 1.807) is 36.9 Å². The number of pyridine rings is 1. The van der Waals surface area contributed by atoms with Gasteiger partial charge in [-0.05, 0) is 12.1 Å². The lowest BCUT2D eigenvalue weighted by Crippen LogP contribution is -2.10. The minimum atomic E-state index is -0.415. The van der Waals surface area contributed by atoms with E-state index < -0.39 is 4.92 Å². The summed E-state index contributed by atoms with van der Waals surface area (Å²) in [5.41, 5.74) is 0.471. The molecule has 8 nitrogen and oxygen atoms in total. The second-order valence-corrected chi connectivity index (χ2v) is 4.21. The summed E-state index contributed by atoms with van der Waals surface area (Å²) in [4.78, 5) is 14.7. The lowest BCUT2D eigenvalue weighted by Gasteiger charge is -2.03. The first-order chi connectivity index (χ1) is 9.75. The van der Waals surface area contributed by atoms with Crippen LogP contribution >= 0.6 is 0 Å². The number of nitrogens with one attached hydrogen (secondary N) is 1. The molecule has 0 bridgehead atoms. The van der Waals surface area contributed by atoms with Crippen molar-refractivity contribution < 1.29 is 4.92 Å². The van der Waals surface area contributed by atoms with Crippen LogP contribution in [0, 0.1) is 10.1 Å². The Labute approximate surface area is 113 Å². The number of hydrogen-bond acceptors (Lipinski definition) is 5. The van der Waals surface area contributed by atoms with Gasteiger partial charge in [-0.1, -0.05) is 6.07 Å². The van der Waals surface area contributed by atoms with E-state index in [2.05, 4.69) is 15.4 Å². The van der Waals surface area contributed by atoms with Crippen molar-refractivity contribution in [3.05, 3.63) is 53.2 Å². The third-order valence-corrected chi connectivity index (χ3v) is 2.92. The summed E-state index contributed by atoms with van der Waals surface area (Å²) >= 11 is 0. The van der Waals surface area contributed by atoms with Gasteiger partial charge in [0, 0.05) is 31.7 Å². The van der Waals surface area contributed by atoms with Crippen LogP contribution in [0.25, 0.3) is 5.52 Å². The van der Waals surface area contributed by atoms with Gasteiger partial charge in [0.25, 0.3) is 0 Å². The number of rotatable bonds is 5. The second-order valence-electron chi connectivity index (χ2n) is 4.21. The zero-order valence-corrected chi connectivity index (χ0v) is 10.5. The first kappa shape index (κ1) is 12.2. The Morgan fingerprint density at radius 2 is 2.25 bits per heavy atom. The van der Waals surface area contributed by atoms with Gasteiger partial charge >= 0.3 is 5.69 Å². The average Bonchev–Trinajstić information content (AvgIpc) is 3.05. The summed E-state index contributed by atoms with van der Waals surface area (Å²) in [6.07, 6.45) is 6.90. The maximum absolute atomic E-state index is 11.2. The number of fused-ring (bicyclic) bond motifs is 1. The summed E-state index contributed by atoms with van der Waals surface area (Å²) in [6, 6.07) is 5.20. The van der Waals surface area contributed by atoms with E-state index in [-0.39, 0.29) is 11.5 Å². The summed E-state index contributed by atoms with van der Waals surface area (Å²) in [6.45, 7) is 1.19. The molecule has 20 heavy (non-hydrogen) atoms. The molecule has 0 spiro atoms. The standard InChI is InChI=1S/C12H12N6O2/c19-18(20)11-10-3-1-2-6-17(10)15-12(11)14-5-8-16-7-4-13-9-16/h1-4,6-7,9H,5,8H2,(H,14,15). The molecule has 3 aromatic rings. The first-order valence-corrected chi connectivity index (χ1v) is 6.07. The van der Waals surface area contributed by atoms with Crippen LogP contribution in [0.1, 0.15) is 0 Å². The number of nitrogens with zero attached hydrogens (tertiary/aromatic N) is 5. The van der Waals surface area contributed by atoms with E-state index in [0.29, 0.717) is 18.6 Å². The van der Waals surface area contributed by atoms with Crippen LogP contribution in [0.3, 0.4) is 0 Å². The van der Waals surface area contributed by atoms with Crippen LogP contribution < -0.4 is 5.32 Å². The van der Waals surface area contributed by atoms with E-state index in [1.165, 1.54) is 4.52 Å². The fraction of sp³-hybridized carbons (Fsp3) is 0.167. The van der Waals surface area contributed by atoms with Gasteiger partial charge in [-0.25, -0.2) is 9.50 Å². The van der Waals surface area contributed by atoms with Crippen molar-refractivity contribution in [2.24, 2.45) is 0 Å². The topological polar surface area (TPSA) is 90.3 Å². The Morgan fingerprint density at radius 1 is 1.35 bits per heavy atom. The van der Waals surface area contributed by atoms with Gasteiger partial charge in [-0.2, -0.15) is 0 Å². The van der Waals surface area contributed by atoms with E-state index >= 15 is 0 Å². The third-order valence-electron chi connectivity index (χ3n) is 2.92. The molecular formula is C12H12N6O2. The van der Waals surface area contributed by atoms with E-state index in [4.69, 9.17) is 0 Å². The molecule has 0 aliphatic heterocycles. The SMILES string of the molecule is O=[N+]([O-])c1c(NCCn2ccnc2)nn2ccccc12. The number of aromatic nitrogens is 4. The lowest BCUT2D eigenvalue weighted by molar-refractivity contribution is -0.382. The Kier molecular flexibility index (Phi) is 3.04. The van der Waals surface area contributed by atoms with Gasteiger partial charge < -0.3 is 9.88 Å². The third kappa shape index (κ3) is 2.18. The van der Waals surface area contributed by atoms with Gasteiger partial charge in [-0.15, -0.1) is 5.10 Å². The molecule has 0 unspecified atom stereocenters. The van der Waals surface area contributed by atoms with Crippen LogP contribution in [0.4, 0.5) is 11.5 Å². The number of anilines is 1. The van der Waals surface area contributed by atoms with Crippen molar-refractivity contribution >= 4 is 17.0 Å². The Hall–Kier alpha value is -2.90. The van der Waals surface area contributed by atoms with Crippen molar-refractivity contribution in [1.29, 1.82) is 0 Å². The van der Waals surface area contributed by atoms with Gasteiger partial charge in [0.1, 0.15) is 5.52 Å². The van der Waals surface area contributed by atoms with Crippen molar-refractivity contribution in [2.75, 3.05) is 11.9 Å². The predicted molar refractivity (Wildman–Crippen MR) is 72.6 cm³/mol. The van der Waals surface area contributed by atoms with Crippen LogP contribution in [0.2, 0.25) is 0 Å². The fourth-order valence-corrected chi connectivity index (χ4v) is 2.01. The maximum Gasteiger partial charge on any atom is 0.338 e. The normalized spacial score (nSPS) is 10.8. The van der Waals surface area contributed by atoms with E-state index in [1.807, 2.05) is 10.8 Å². The van der Waals surface area contributed by atoms with Crippen LogP contribution in [0.15, 0.2) is 43.1 Å². The minimum absolute atomic E-state index is 0.00349. The van der Waals surface area contributed by atoms with Gasteiger partial charge in [0.2, 0.25) is 5.82 Å². The van der Waals surface area contributed by atoms with E-state index in [9.17, 15) is 10.1 Å². The molecule has 3 aromatic heterocycles. The molecular weight excluding hydrogens is 260 g/mol. The molecule has 102 valence electrons. The molecule has 0 saturated carbocycles. The highest BCUT2D eigenvalue weighted by Gasteiger charge is 2.22. The average molecular weight is 272 g/mol. The number of nitro groups is 1. The van der Waals surface area contributed by atoms with Crippen molar-refractivity contribution in [1.82, 2.24) is 19.2 Å². The quantitative estimate of drug-likeness (QED) is 0.562. The molecule has 0 saturated heterocycles. The molecule has 0 aliphatic rings. The van der Waals surface area contributed by atoms with Crippen molar-refractivity contribution in [2.45, 2.75) is 6.54 Å². The fourth-order valence-electron chi connectivity index (χ4n) is 2.01. The summed E-state index contributed by atoms with van der Waals surface area (Å²) in [7, 11) is 0. The molecule has 3 heterocycles. The van der Waals surface area contributed by atoms with E-state index in [0.717, 1.165) is 0 Å². The Bertz CT molecular complexity index is 734. The lowest BCUT2D eigenvalue weighted by atomic mass is 10.3.